The van der Waals surface area contributed by atoms with Gasteiger partial charge in [0, 0.05) is 12.4 Å². The van der Waals surface area contributed by atoms with Crippen LogP contribution in [0.5, 0.6) is 0 Å². The van der Waals surface area contributed by atoms with Crippen LogP contribution < -0.4 is 0 Å². The summed E-state index contributed by atoms with van der Waals surface area (Å²) in [6.45, 7) is 2.27. The standard InChI is InChI=1S/C10H8N4/c1-3-4-13-5-6-14-10(13)9(7-11)8(2)12-14/h1,5-6H,4H2,2H3. The summed E-state index contributed by atoms with van der Waals surface area (Å²) in [7, 11) is 0. The summed E-state index contributed by atoms with van der Waals surface area (Å²) in [6.07, 6.45) is 8.84. The highest BCUT2D eigenvalue weighted by Gasteiger charge is 2.11. The van der Waals surface area contributed by atoms with E-state index in [1.54, 1.807) is 10.7 Å². The fourth-order valence-electron chi connectivity index (χ4n) is 1.49. The van der Waals surface area contributed by atoms with Crippen molar-refractivity contribution in [2.75, 3.05) is 0 Å². The van der Waals surface area contributed by atoms with Gasteiger partial charge in [-0.05, 0) is 6.92 Å². The Morgan fingerprint density at radius 2 is 2.36 bits per heavy atom. The smallest absolute Gasteiger partial charge is 0.154 e. The molecular formula is C10H8N4. The molecule has 0 fully saturated rings. The van der Waals surface area contributed by atoms with Crippen molar-refractivity contribution >= 4 is 5.65 Å². The number of terminal acetylenes is 1. The lowest BCUT2D eigenvalue weighted by atomic mass is 10.3. The largest absolute Gasteiger partial charge is 0.319 e. The molecule has 0 N–H and O–H groups in total. The predicted octanol–water partition coefficient (Wildman–Crippen LogP) is 0.949. The highest BCUT2D eigenvalue weighted by molar-refractivity contribution is 5.58. The van der Waals surface area contributed by atoms with E-state index < -0.39 is 0 Å². The second-order valence-corrected chi connectivity index (χ2v) is 2.97. The Kier molecular flexibility index (Phi) is 1.76. The van der Waals surface area contributed by atoms with Crippen LogP contribution >= 0.6 is 0 Å². The first-order valence-corrected chi connectivity index (χ1v) is 4.15. The van der Waals surface area contributed by atoms with E-state index in [0.717, 1.165) is 11.3 Å². The molecule has 0 saturated carbocycles. The molecule has 0 aliphatic heterocycles. The summed E-state index contributed by atoms with van der Waals surface area (Å²) in [5.74, 6) is 2.54. The summed E-state index contributed by atoms with van der Waals surface area (Å²) in [4.78, 5) is 0. The fraction of sp³-hybridized carbons (Fsp3) is 0.200. The maximum absolute atomic E-state index is 8.95. The Morgan fingerprint density at radius 3 is 3.00 bits per heavy atom. The van der Waals surface area contributed by atoms with Crippen molar-refractivity contribution in [1.29, 1.82) is 5.26 Å². The van der Waals surface area contributed by atoms with Gasteiger partial charge in [0.25, 0.3) is 0 Å². The molecule has 4 nitrogen and oxygen atoms in total. The van der Waals surface area contributed by atoms with Crippen molar-refractivity contribution in [3.8, 4) is 18.4 Å². The van der Waals surface area contributed by atoms with E-state index in [2.05, 4.69) is 17.1 Å². The minimum atomic E-state index is 0.455. The van der Waals surface area contributed by atoms with Crippen molar-refractivity contribution in [2.24, 2.45) is 0 Å². The molecule has 0 bridgehead atoms. The molecule has 0 radical (unpaired) electrons. The average Bonchev–Trinajstić information content (AvgIpc) is 2.66. The van der Waals surface area contributed by atoms with Gasteiger partial charge in [-0.3, -0.25) is 0 Å². The van der Waals surface area contributed by atoms with Crippen molar-refractivity contribution in [1.82, 2.24) is 14.2 Å². The number of imidazole rings is 1. The zero-order valence-corrected chi connectivity index (χ0v) is 7.73. The number of fused-ring (bicyclic) bond motifs is 1. The Bertz CT molecular complexity index is 559. The minimum absolute atomic E-state index is 0.455. The van der Waals surface area contributed by atoms with E-state index in [4.69, 9.17) is 11.7 Å². The highest BCUT2D eigenvalue weighted by Crippen LogP contribution is 2.14. The van der Waals surface area contributed by atoms with Gasteiger partial charge in [0.05, 0.1) is 12.2 Å². The molecule has 2 aromatic heterocycles. The lowest BCUT2D eigenvalue weighted by Crippen LogP contribution is -1.94. The zero-order chi connectivity index (χ0) is 10.1. The van der Waals surface area contributed by atoms with Crippen LogP contribution in [0.1, 0.15) is 11.3 Å². The van der Waals surface area contributed by atoms with Crippen LogP contribution in [-0.4, -0.2) is 14.2 Å². The van der Waals surface area contributed by atoms with Gasteiger partial charge < -0.3 is 4.57 Å². The van der Waals surface area contributed by atoms with Gasteiger partial charge in [-0.1, -0.05) is 5.92 Å². The molecule has 0 aromatic carbocycles. The topological polar surface area (TPSA) is 46.0 Å². The molecule has 14 heavy (non-hydrogen) atoms. The number of nitrogens with zero attached hydrogens (tertiary/aromatic N) is 4. The van der Waals surface area contributed by atoms with E-state index >= 15 is 0 Å². The third-order valence-electron chi connectivity index (χ3n) is 2.09. The summed E-state index contributed by atoms with van der Waals surface area (Å²) >= 11 is 0. The molecule has 68 valence electrons. The number of rotatable bonds is 1. The second-order valence-electron chi connectivity index (χ2n) is 2.97. The van der Waals surface area contributed by atoms with Crippen molar-refractivity contribution in [2.45, 2.75) is 13.5 Å². The van der Waals surface area contributed by atoms with Gasteiger partial charge in [-0.2, -0.15) is 10.4 Å². The van der Waals surface area contributed by atoms with Gasteiger partial charge in [0.15, 0.2) is 5.65 Å². The van der Waals surface area contributed by atoms with Crippen molar-refractivity contribution in [3.05, 3.63) is 23.7 Å². The molecule has 0 spiro atoms. The van der Waals surface area contributed by atoms with E-state index in [1.165, 1.54) is 0 Å². The molecule has 0 aliphatic carbocycles. The van der Waals surface area contributed by atoms with E-state index in [0.29, 0.717) is 12.1 Å². The molecule has 0 amide bonds. The van der Waals surface area contributed by atoms with Gasteiger partial charge in [0.2, 0.25) is 0 Å². The molecule has 0 aliphatic rings. The van der Waals surface area contributed by atoms with Crippen molar-refractivity contribution < 1.29 is 0 Å². The first-order valence-electron chi connectivity index (χ1n) is 4.15. The first kappa shape index (κ1) is 8.40. The molecule has 0 unspecified atom stereocenters. The molecule has 2 heterocycles. The molecule has 0 atom stereocenters. The Hall–Kier alpha value is -2.20. The third kappa shape index (κ3) is 0.982. The lowest BCUT2D eigenvalue weighted by Gasteiger charge is -1.95. The normalized spacial score (nSPS) is 9.93. The lowest BCUT2D eigenvalue weighted by molar-refractivity contribution is 0.867. The van der Waals surface area contributed by atoms with Crippen LogP contribution in [0.25, 0.3) is 5.65 Å². The van der Waals surface area contributed by atoms with E-state index in [1.807, 2.05) is 17.7 Å². The average molecular weight is 184 g/mol. The number of hydrogen-bond acceptors (Lipinski definition) is 2. The summed E-state index contributed by atoms with van der Waals surface area (Å²) in [6, 6.07) is 2.13. The Labute approximate surface area is 81.4 Å². The summed E-state index contributed by atoms with van der Waals surface area (Å²) in [5, 5.41) is 13.1. The number of aromatic nitrogens is 3. The minimum Gasteiger partial charge on any atom is -0.319 e. The maximum atomic E-state index is 8.95. The monoisotopic (exact) mass is 184 g/mol. The quantitative estimate of drug-likeness (QED) is 0.619. The molecule has 4 heteroatoms. The van der Waals surface area contributed by atoms with E-state index in [-0.39, 0.29) is 0 Å². The first-order chi connectivity index (χ1) is 6.77. The molecular weight excluding hydrogens is 176 g/mol. The maximum Gasteiger partial charge on any atom is 0.154 e. The van der Waals surface area contributed by atoms with Crippen LogP contribution in [-0.2, 0) is 6.54 Å². The summed E-state index contributed by atoms with van der Waals surface area (Å²) in [5.41, 5.74) is 2.09. The van der Waals surface area contributed by atoms with Gasteiger partial charge in [-0.15, -0.1) is 6.42 Å². The SMILES string of the molecule is C#CCn1ccn2nc(C)c(C#N)c12. The number of nitriles is 1. The van der Waals surface area contributed by atoms with Gasteiger partial charge >= 0.3 is 0 Å². The van der Waals surface area contributed by atoms with Gasteiger partial charge in [0.1, 0.15) is 11.6 Å². The molecule has 2 aromatic rings. The number of aryl methyl sites for hydroxylation is 1. The third-order valence-corrected chi connectivity index (χ3v) is 2.09. The fourth-order valence-corrected chi connectivity index (χ4v) is 1.49. The Morgan fingerprint density at radius 1 is 1.57 bits per heavy atom. The molecule has 2 rings (SSSR count). The van der Waals surface area contributed by atoms with E-state index in [9.17, 15) is 0 Å². The van der Waals surface area contributed by atoms with Crippen LogP contribution in [0.4, 0.5) is 0 Å². The van der Waals surface area contributed by atoms with Gasteiger partial charge in [-0.25, -0.2) is 4.52 Å². The van der Waals surface area contributed by atoms with Crippen LogP contribution in [0.15, 0.2) is 12.4 Å². The second kappa shape index (κ2) is 2.93. The summed E-state index contributed by atoms with van der Waals surface area (Å²) < 4.78 is 3.50. The van der Waals surface area contributed by atoms with Crippen LogP contribution in [0.3, 0.4) is 0 Å². The van der Waals surface area contributed by atoms with Crippen LogP contribution in [0, 0.1) is 30.6 Å². The Balaban J connectivity index is 2.77. The van der Waals surface area contributed by atoms with Crippen LogP contribution in [0.2, 0.25) is 0 Å². The highest BCUT2D eigenvalue weighted by atomic mass is 15.3. The number of hydrogen-bond donors (Lipinski definition) is 0. The predicted molar refractivity (Wildman–Crippen MR) is 51.5 cm³/mol. The van der Waals surface area contributed by atoms with Crippen molar-refractivity contribution in [3.63, 3.8) is 0 Å². The zero-order valence-electron chi connectivity index (χ0n) is 7.73. The molecule has 0 saturated heterocycles.